The number of anilines is 1. The van der Waals surface area contributed by atoms with Gasteiger partial charge in [0.1, 0.15) is 0 Å². The second-order valence-electron chi connectivity index (χ2n) is 6.93. The van der Waals surface area contributed by atoms with E-state index >= 15 is 0 Å². The van der Waals surface area contributed by atoms with Crippen molar-refractivity contribution in [3.05, 3.63) is 29.8 Å². The number of carbonyl (C=O) groups excluding carboxylic acids is 1. The molecule has 1 heterocycles. The molecule has 2 N–H and O–H groups in total. The summed E-state index contributed by atoms with van der Waals surface area (Å²) in [6, 6.07) is 7.45. The Morgan fingerprint density at radius 3 is 2.36 bits per heavy atom. The number of urea groups is 1. The van der Waals surface area contributed by atoms with Crippen LogP contribution in [0.1, 0.15) is 32.8 Å². The Morgan fingerprint density at radius 2 is 1.86 bits per heavy atom. The van der Waals surface area contributed by atoms with Crippen molar-refractivity contribution >= 4 is 21.6 Å². The molecule has 2 rings (SSSR count). The Hall–Kier alpha value is -1.56. The summed E-state index contributed by atoms with van der Waals surface area (Å²) >= 11 is 0. The molecule has 5 nitrogen and oxygen atoms in total. The molecule has 1 aromatic carbocycles. The lowest BCUT2D eigenvalue weighted by Gasteiger charge is -2.19. The fourth-order valence-electron chi connectivity index (χ4n) is 2.50. The van der Waals surface area contributed by atoms with Gasteiger partial charge in [0.25, 0.3) is 0 Å². The summed E-state index contributed by atoms with van der Waals surface area (Å²) in [7, 11) is -2.89. The number of benzene rings is 1. The third-order valence-electron chi connectivity index (χ3n) is 3.89. The molecule has 1 saturated heterocycles. The van der Waals surface area contributed by atoms with Crippen LogP contribution in [0.15, 0.2) is 24.3 Å². The van der Waals surface area contributed by atoms with Crippen LogP contribution in [-0.2, 0) is 15.3 Å². The van der Waals surface area contributed by atoms with Gasteiger partial charge in [0, 0.05) is 12.2 Å². The summed E-state index contributed by atoms with van der Waals surface area (Å²) in [6.45, 7) is 6.80. The molecule has 1 aromatic rings. The van der Waals surface area contributed by atoms with Gasteiger partial charge in [0.2, 0.25) is 0 Å². The first-order valence-corrected chi connectivity index (χ1v) is 9.34. The largest absolute Gasteiger partial charge is 0.338 e. The normalized spacial score (nSPS) is 20.6. The smallest absolute Gasteiger partial charge is 0.319 e. The lowest BCUT2D eigenvalue weighted by Crippen LogP contribution is -2.33. The van der Waals surface area contributed by atoms with E-state index in [0.29, 0.717) is 13.0 Å². The van der Waals surface area contributed by atoms with Gasteiger partial charge in [0.15, 0.2) is 9.84 Å². The van der Waals surface area contributed by atoms with Gasteiger partial charge < -0.3 is 10.6 Å². The van der Waals surface area contributed by atoms with Crippen LogP contribution < -0.4 is 10.6 Å². The van der Waals surface area contributed by atoms with Crippen LogP contribution in [0.25, 0.3) is 0 Å². The molecule has 1 atom stereocenters. The highest BCUT2D eigenvalue weighted by molar-refractivity contribution is 7.91. The number of hydrogen-bond donors (Lipinski definition) is 2. The third-order valence-corrected chi connectivity index (χ3v) is 5.72. The van der Waals surface area contributed by atoms with Crippen molar-refractivity contribution in [3.8, 4) is 0 Å². The van der Waals surface area contributed by atoms with E-state index in [1.807, 2.05) is 24.3 Å². The van der Waals surface area contributed by atoms with E-state index in [9.17, 15) is 13.2 Å². The number of carbonyl (C=O) groups is 1. The SMILES string of the molecule is CC(C)(C)c1ccc(NC(=O)NC[C@H]2CCS(=O)(=O)C2)cc1. The molecular formula is C16H24N2O3S. The van der Waals surface area contributed by atoms with Crippen molar-refractivity contribution in [2.45, 2.75) is 32.6 Å². The van der Waals surface area contributed by atoms with Gasteiger partial charge in [-0.15, -0.1) is 0 Å². The second-order valence-corrected chi connectivity index (χ2v) is 9.16. The van der Waals surface area contributed by atoms with E-state index in [2.05, 4.69) is 31.4 Å². The molecular weight excluding hydrogens is 300 g/mol. The predicted octanol–water partition coefficient (Wildman–Crippen LogP) is 2.54. The number of amides is 2. The molecule has 0 unspecified atom stereocenters. The molecule has 2 amide bonds. The third kappa shape index (κ3) is 4.73. The fourth-order valence-corrected chi connectivity index (χ4v) is 4.36. The van der Waals surface area contributed by atoms with Crippen LogP contribution >= 0.6 is 0 Å². The molecule has 6 heteroatoms. The van der Waals surface area contributed by atoms with Crippen LogP contribution in [-0.4, -0.2) is 32.5 Å². The van der Waals surface area contributed by atoms with Crippen molar-refractivity contribution < 1.29 is 13.2 Å². The van der Waals surface area contributed by atoms with E-state index in [1.165, 1.54) is 5.56 Å². The summed E-state index contributed by atoms with van der Waals surface area (Å²) in [5, 5.41) is 5.51. The van der Waals surface area contributed by atoms with Crippen LogP contribution in [0, 0.1) is 5.92 Å². The maximum atomic E-state index is 11.8. The average molecular weight is 324 g/mol. The van der Waals surface area contributed by atoms with Crippen LogP contribution in [0.2, 0.25) is 0 Å². The quantitative estimate of drug-likeness (QED) is 0.897. The number of nitrogens with one attached hydrogen (secondary N) is 2. The van der Waals surface area contributed by atoms with Crippen molar-refractivity contribution in [3.63, 3.8) is 0 Å². The van der Waals surface area contributed by atoms with Crippen molar-refractivity contribution in [2.75, 3.05) is 23.4 Å². The van der Waals surface area contributed by atoms with Crippen LogP contribution in [0.3, 0.4) is 0 Å². The first-order valence-electron chi connectivity index (χ1n) is 7.51. The lowest BCUT2D eigenvalue weighted by molar-refractivity contribution is 0.250. The summed E-state index contributed by atoms with van der Waals surface area (Å²) in [6.07, 6.45) is 0.628. The summed E-state index contributed by atoms with van der Waals surface area (Å²) in [5.41, 5.74) is 2.01. The molecule has 22 heavy (non-hydrogen) atoms. The fraction of sp³-hybridized carbons (Fsp3) is 0.562. The highest BCUT2D eigenvalue weighted by Gasteiger charge is 2.27. The van der Waals surface area contributed by atoms with Crippen molar-refractivity contribution in [1.29, 1.82) is 0 Å². The van der Waals surface area contributed by atoms with E-state index in [4.69, 9.17) is 0 Å². The number of hydrogen-bond acceptors (Lipinski definition) is 3. The van der Waals surface area contributed by atoms with Gasteiger partial charge in [-0.1, -0.05) is 32.9 Å². The highest BCUT2D eigenvalue weighted by atomic mass is 32.2. The molecule has 0 aromatic heterocycles. The molecule has 1 aliphatic heterocycles. The zero-order chi connectivity index (χ0) is 16.4. The Bertz CT molecular complexity index is 630. The van der Waals surface area contributed by atoms with E-state index < -0.39 is 9.84 Å². The molecule has 0 bridgehead atoms. The standard InChI is InChI=1S/C16H24N2O3S/c1-16(2,3)13-4-6-14(7-5-13)18-15(19)17-10-12-8-9-22(20,21)11-12/h4-7,12H,8-11H2,1-3H3,(H2,17,18,19)/t12-/m1/s1. The maximum Gasteiger partial charge on any atom is 0.319 e. The zero-order valence-electron chi connectivity index (χ0n) is 13.3. The minimum Gasteiger partial charge on any atom is -0.338 e. The van der Waals surface area contributed by atoms with Crippen LogP contribution in [0.5, 0.6) is 0 Å². The monoisotopic (exact) mass is 324 g/mol. The average Bonchev–Trinajstić information content (AvgIpc) is 2.76. The van der Waals surface area contributed by atoms with Gasteiger partial charge >= 0.3 is 6.03 Å². The summed E-state index contributed by atoms with van der Waals surface area (Å²) in [4.78, 5) is 11.8. The summed E-state index contributed by atoms with van der Waals surface area (Å²) in [5.74, 6) is 0.432. The number of rotatable bonds is 3. The Kier molecular flexibility index (Phi) is 4.80. The van der Waals surface area contributed by atoms with Gasteiger partial charge in [0.05, 0.1) is 11.5 Å². The topological polar surface area (TPSA) is 75.3 Å². The highest BCUT2D eigenvalue weighted by Crippen LogP contribution is 2.23. The lowest BCUT2D eigenvalue weighted by atomic mass is 9.87. The van der Waals surface area contributed by atoms with E-state index in [0.717, 1.165) is 5.69 Å². The molecule has 1 fully saturated rings. The van der Waals surface area contributed by atoms with Crippen molar-refractivity contribution in [2.24, 2.45) is 5.92 Å². The van der Waals surface area contributed by atoms with E-state index in [-0.39, 0.29) is 28.9 Å². The molecule has 0 radical (unpaired) electrons. The predicted molar refractivity (Wildman–Crippen MR) is 88.9 cm³/mol. The molecule has 0 aliphatic carbocycles. The summed E-state index contributed by atoms with van der Waals surface area (Å²) < 4.78 is 22.7. The van der Waals surface area contributed by atoms with E-state index in [1.54, 1.807) is 0 Å². The molecule has 0 saturated carbocycles. The van der Waals surface area contributed by atoms with Gasteiger partial charge in [-0.25, -0.2) is 13.2 Å². The minimum atomic E-state index is -2.89. The van der Waals surface area contributed by atoms with Gasteiger partial charge in [-0.3, -0.25) is 0 Å². The Balaban J connectivity index is 1.82. The Morgan fingerprint density at radius 1 is 1.23 bits per heavy atom. The molecule has 1 aliphatic rings. The van der Waals surface area contributed by atoms with Gasteiger partial charge in [-0.05, 0) is 35.4 Å². The van der Waals surface area contributed by atoms with Crippen LogP contribution in [0.4, 0.5) is 10.5 Å². The molecule has 122 valence electrons. The second kappa shape index (κ2) is 6.28. The van der Waals surface area contributed by atoms with Gasteiger partial charge in [-0.2, -0.15) is 0 Å². The maximum absolute atomic E-state index is 11.8. The minimum absolute atomic E-state index is 0.0269. The number of sulfone groups is 1. The van der Waals surface area contributed by atoms with Crippen molar-refractivity contribution in [1.82, 2.24) is 5.32 Å². The first-order chi connectivity index (χ1) is 10.2. The zero-order valence-corrected chi connectivity index (χ0v) is 14.2. The first kappa shape index (κ1) is 16.8. The molecule has 0 spiro atoms. The Labute approximate surface area is 132 Å².